The number of hydrogen-bond acceptors (Lipinski definition) is 5. The minimum Gasteiger partial charge on any atom is -0.493 e. The van der Waals surface area contributed by atoms with Crippen LogP contribution in [0.3, 0.4) is 0 Å². The number of rotatable bonds is 8. The summed E-state index contributed by atoms with van der Waals surface area (Å²) in [6.45, 7) is -0.909. The number of nitrogens with zero attached hydrogens (tertiary/aromatic N) is 2. The summed E-state index contributed by atoms with van der Waals surface area (Å²) < 4.78 is 40.7. The Morgan fingerprint density at radius 2 is 1.88 bits per heavy atom. The zero-order valence-corrected chi connectivity index (χ0v) is 20.6. The highest BCUT2D eigenvalue weighted by Crippen LogP contribution is 2.32. The minimum atomic E-state index is -2.85. The molecule has 2 N–H and O–H groups in total. The molecule has 0 saturated carbocycles. The highest BCUT2D eigenvalue weighted by Gasteiger charge is 2.26. The summed E-state index contributed by atoms with van der Waals surface area (Å²) in [6.07, 6.45) is 0.847. The van der Waals surface area contributed by atoms with Crippen molar-refractivity contribution in [3.8, 4) is 17.2 Å². The van der Waals surface area contributed by atoms with E-state index < -0.39 is 6.61 Å². The van der Waals surface area contributed by atoms with E-state index in [9.17, 15) is 8.78 Å². The van der Waals surface area contributed by atoms with Crippen molar-refractivity contribution < 1.29 is 23.0 Å². The molecule has 1 aliphatic rings. The molecule has 1 saturated heterocycles. The van der Waals surface area contributed by atoms with Gasteiger partial charge in [0.2, 0.25) is 0 Å². The molecule has 32 heavy (non-hydrogen) atoms. The van der Waals surface area contributed by atoms with E-state index in [2.05, 4.69) is 20.4 Å². The number of alkyl halides is 2. The summed E-state index contributed by atoms with van der Waals surface area (Å²) in [5.74, 6) is 2.20. The first-order valence-corrected chi connectivity index (χ1v) is 10.0. The molecule has 176 valence electrons. The molecule has 0 bridgehead atoms. The Morgan fingerprint density at radius 3 is 2.56 bits per heavy atom. The Kier molecular flexibility index (Phi) is 10.1. The summed E-state index contributed by atoms with van der Waals surface area (Å²) in [6, 6.07) is 12.7. The third-order valence-corrected chi connectivity index (χ3v) is 5.08. The normalized spacial score (nSPS) is 15.9. The van der Waals surface area contributed by atoms with E-state index in [4.69, 9.17) is 9.47 Å². The van der Waals surface area contributed by atoms with Gasteiger partial charge in [-0.05, 0) is 36.2 Å². The molecule has 0 amide bonds. The van der Waals surface area contributed by atoms with Gasteiger partial charge in [0.15, 0.2) is 17.5 Å². The fourth-order valence-corrected chi connectivity index (χ4v) is 3.58. The predicted molar refractivity (Wildman–Crippen MR) is 132 cm³/mol. The molecule has 3 rings (SSSR count). The third kappa shape index (κ3) is 6.75. The Bertz CT molecular complexity index is 901. The van der Waals surface area contributed by atoms with Gasteiger partial charge in [0, 0.05) is 32.7 Å². The Hall–Kier alpha value is -2.50. The van der Waals surface area contributed by atoms with Crippen molar-refractivity contribution in [3.63, 3.8) is 0 Å². The van der Waals surface area contributed by atoms with Crippen molar-refractivity contribution in [1.29, 1.82) is 0 Å². The smallest absolute Gasteiger partial charge is 0.387 e. The second-order valence-electron chi connectivity index (χ2n) is 7.04. The zero-order chi connectivity index (χ0) is 22.2. The van der Waals surface area contributed by atoms with E-state index in [1.165, 1.54) is 0 Å². The van der Waals surface area contributed by atoms with Gasteiger partial charge in [-0.2, -0.15) is 8.78 Å². The largest absolute Gasteiger partial charge is 0.493 e. The standard InChI is InChI=1S/C22H28F2N4O3.HI/c1-25-22(26-13-15-8-9-19(29-2)20(12-15)30-3)27-16-10-11-28(14-16)17-6-4-5-7-18(17)31-21(23)24;/h4-9,12,16,21H,10-11,13-14H2,1-3H3,(H2,25,26,27);1H. The average molecular weight is 562 g/mol. The monoisotopic (exact) mass is 562 g/mol. The molecule has 0 radical (unpaired) electrons. The molecular formula is C22H29F2IN4O3. The molecule has 0 aliphatic carbocycles. The van der Waals surface area contributed by atoms with Crippen LogP contribution < -0.4 is 29.7 Å². The van der Waals surface area contributed by atoms with Crippen LogP contribution in [0.2, 0.25) is 0 Å². The quantitative estimate of drug-likeness (QED) is 0.290. The molecule has 2 aromatic rings. The maximum atomic E-state index is 12.7. The minimum absolute atomic E-state index is 0. The molecule has 0 aromatic heterocycles. The van der Waals surface area contributed by atoms with Crippen LogP contribution in [-0.2, 0) is 6.54 Å². The van der Waals surface area contributed by atoms with E-state index in [1.54, 1.807) is 39.5 Å². The molecule has 1 heterocycles. The maximum absolute atomic E-state index is 12.7. The number of anilines is 1. The topological polar surface area (TPSA) is 67.4 Å². The lowest BCUT2D eigenvalue weighted by molar-refractivity contribution is -0.0495. The first kappa shape index (κ1) is 25.8. The van der Waals surface area contributed by atoms with Gasteiger partial charge in [0.1, 0.15) is 5.75 Å². The summed E-state index contributed by atoms with van der Waals surface area (Å²) in [4.78, 5) is 6.33. The Morgan fingerprint density at radius 1 is 1.12 bits per heavy atom. The average Bonchev–Trinajstić information content (AvgIpc) is 3.24. The molecule has 1 aliphatic heterocycles. The van der Waals surface area contributed by atoms with Gasteiger partial charge in [0.25, 0.3) is 0 Å². The summed E-state index contributed by atoms with van der Waals surface area (Å²) in [7, 11) is 4.92. The van der Waals surface area contributed by atoms with Crippen LogP contribution in [0.25, 0.3) is 0 Å². The molecule has 2 aromatic carbocycles. The van der Waals surface area contributed by atoms with Crippen molar-refractivity contribution in [2.75, 3.05) is 39.3 Å². The zero-order valence-electron chi connectivity index (χ0n) is 18.3. The van der Waals surface area contributed by atoms with Gasteiger partial charge < -0.3 is 29.7 Å². The van der Waals surface area contributed by atoms with E-state index in [0.29, 0.717) is 36.2 Å². The fraction of sp³-hybridized carbons (Fsp3) is 0.409. The van der Waals surface area contributed by atoms with Crippen molar-refractivity contribution >= 4 is 35.6 Å². The summed E-state index contributed by atoms with van der Waals surface area (Å²) in [5, 5.41) is 6.69. The van der Waals surface area contributed by atoms with Crippen LogP contribution in [0.15, 0.2) is 47.5 Å². The number of para-hydroxylation sites is 2. The van der Waals surface area contributed by atoms with Crippen molar-refractivity contribution in [3.05, 3.63) is 48.0 Å². The highest BCUT2D eigenvalue weighted by molar-refractivity contribution is 14.0. The SMILES string of the molecule is CN=C(NCc1ccc(OC)c(OC)c1)NC1CCN(c2ccccc2OC(F)F)C1.I. The number of nitrogens with one attached hydrogen (secondary N) is 2. The summed E-state index contributed by atoms with van der Waals surface area (Å²) in [5.41, 5.74) is 1.69. The van der Waals surface area contributed by atoms with Gasteiger partial charge >= 0.3 is 6.61 Å². The molecule has 1 atom stereocenters. The summed E-state index contributed by atoms with van der Waals surface area (Å²) >= 11 is 0. The van der Waals surface area contributed by atoms with Gasteiger partial charge in [-0.25, -0.2) is 0 Å². The van der Waals surface area contributed by atoms with Crippen molar-refractivity contribution in [2.24, 2.45) is 4.99 Å². The van der Waals surface area contributed by atoms with Crippen LogP contribution in [0.5, 0.6) is 17.2 Å². The number of ether oxygens (including phenoxy) is 3. The van der Waals surface area contributed by atoms with Crippen LogP contribution in [0, 0.1) is 0 Å². The van der Waals surface area contributed by atoms with Gasteiger partial charge in [0.05, 0.1) is 19.9 Å². The van der Waals surface area contributed by atoms with Crippen LogP contribution in [-0.4, -0.2) is 53.0 Å². The Balaban J connectivity index is 0.00000363. The molecular weight excluding hydrogens is 533 g/mol. The van der Waals surface area contributed by atoms with Gasteiger partial charge in [-0.3, -0.25) is 4.99 Å². The number of halogens is 3. The van der Waals surface area contributed by atoms with E-state index >= 15 is 0 Å². The Labute approximate surface area is 204 Å². The number of aliphatic imine (C=N–C) groups is 1. The van der Waals surface area contributed by atoms with Crippen molar-refractivity contribution in [1.82, 2.24) is 10.6 Å². The first-order valence-electron chi connectivity index (χ1n) is 10.0. The number of guanidine groups is 1. The third-order valence-electron chi connectivity index (χ3n) is 5.08. The highest BCUT2D eigenvalue weighted by atomic mass is 127. The second-order valence-corrected chi connectivity index (χ2v) is 7.04. The fourth-order valence-electron chi connectivity index (χ4n) is 3.58. The molecule has 1 unspecified atom stereocenters. The number of hydrogen-bond donors (Lipinski definition) is 2. The predicted octanol–water partition coefficient (Wildman–Crippen LogP) is 3.87. The van der Waals surface area contributed by atoms with Crippen LogP contribution in [0.4, 0.5) is 14.5 Å². The van der Waals surface area contributed by atoms with Crippen LogP contribution in [0.1, 0.15) is 12.0 Å². The molecule has 7 nitrogen and oxygen atoms in total. The van der Waals surface area contributed by atoms with E-state index in [1.807, 2.05) is 29.2 Å². The maximum Gasteiger partial charge on any atom is 0.387 e. The first-order chi connectivity index (χ1) is 15.0. The number of methoxy groups -OCH3 is 2. The molecule has 10 heteroatoms. The van der Waals surface area contributed by atoms with E-state index in [0.717, 1.165) is 18.5 Å². The van der Waals surface area contributed by atoms with Gasteiger partial charge in [-0.15, -0.1) is 24.0 Å². The van der Waals surface area contributed by atoms with Gasteiger partial charge in [-0.1, -0.05) is 18.2 Å². The molecule has 1 fully saturated rings. The lowest BCUT2D eigenvalue weighted by atomic mass is 10.2. The lowest BCUT2D eigenvalue weighted by Crippen LogP contribution is -2.44. The van der Waals surface area contributed by atoms with Crippen molar-refractivity contribution in [2.45, 2.75) is 25.6 Å². The van der Waals surface area contributed by atoms with Crippen LogP contribution >= 0.6 is 24.0 Å². The number of benzene rings is 2. The van der Waals surface area contributed by atoms with E-state index in [-0.39, 0.29) is 35.8 Å². The second kappa shape index (κ2) is 12.5. The lowest BCUT2D eigenvalue weighted by Gasteiger charge is -2.22. The molecule has 0 spiro atoms.